The lowest BCUT2D eigenvalue weighted by Crippen LogP contribution is -2.37. The molecule has 4 heteroatoms. The molecule has 134 valence electrons. The molecule has 0 aliphatic carbocycles. The first-order valence-electron chi connectivity index (χ1n) is 8.57. The molecular weight excluding hydrogens is 353 g/mol. The van der Waals surface area contributed by atoms with Crippen LogP contribution < -0.4 is 5.32 Å². The Morgan fingerprint density at radius 2 is 1.80 bits per heavy atom. The topological polar surface area (TPSA) is 29.1 Å². The molecule has 0 radical (unpaired) electrons. The average Bonchev–Trinajstić information content (AvgIpc) is 2.54. The molecule has 0 fully saturated rings. The molecule has 25 heavy (non-hydrogen) atoms. The maximum atomic E-state index is 12.2. The van der Waals surface area contributed by atoms with Crippen LogP contribution in [0.15, 0.2) is 48.5 Å². The molecule has 0 aliphatic heterocycles. The van der Waals surface area contributed by atoms with Crippen LogP contribution in [0.25, 0.3) is 0 Å². The Kier molecular flexibility index (Phi) is 6.92. The molecule has 2 aromatic carbocycles. The van der Waals surface area contributed by atoms with Crippen LogP contribution in [0.4, 0.5) is 0 Å². The number of hydrogen-bond donors (Lipinski definition) is 1. The number of carbonyl (C=O) groups is 1. The molecule has 0 bridgehead atoms. The number of aryl methyl sites for hydroxylation is 1. The highest BCUT2D eigenvalue weighted by Crippen LogP contribution is 2.28. The molecule has 0 spiro atoms. The van der Waals surface area contributed by atoms with Crippen LogP contribution in [0, 0.1) is 0 Å². The Balaban J connectivity index is 1.85. The Labute approximate surface area is 160 Å². The van der Waals surface area contributed by atoms with Crippen LogP contribution in [-0.4, -0.2) is 11.9 Å². The summed E-state index contributed by atoms with van der Waals surface area (Å²) in [5.74, 6) is 0.0439. The molecule has 0 heterocycles. The van der Waals surface area contributed by atoms with E-state index >= 15 is 0 Å². The van der Waals surface area contributed by atoms with Crippen LogP contribution in [-0.2, 0) is 16.6 Å². The van der Waals surface area contributed by atoms with Crippen molar-refractivity contribution >= 4 is 29.1 Å². The summed E-state index contributed by atoms with van der Waals surface area (Å²) in [7, 11) is 0. The van der Waals surface area contributed by atoms with E-state index in [9.17, 15) is 4.79 Å². The molecule has 0 aliphatic rings. The van der Waals surface area contributed by atoms with E-state index in [1.165, 1.54) is 5.56 Å². The molecule has 0 saturated heterocycles. The summed E-state index contributed by atoms with van der Waals surface area (Å²) in [6, 6.07) is 15.9. The maximum Gasteiger partial charge on any atom is 0.220 e. The SMILES string of the molecule is C[C@H](CC(C)(C)c1ccccc1)NC(=O)CCc1ccc(Cl)cc1Cl. The fraction of sp³-hybridized carbons (Fsp3) is 0.381. The zero-order valence-electron chi connectivity index (χ0n) is 15.0. The summed E-state index contributed by atoms with van der Waals surface area (Å²) >= 11 is 12.1. The van der Waals surface area contributed by atoms with E-state index in [2.05, 4.69) is 50.4 Å². The molecule has 1 amide bonds. The highest BCUT2D eigenvalue weighted by atomic mass is 35.5. The third-order valence-corrected chi connectivity index (χ3v) is 5.00. The first-order chi connectivity index (χ1) is 11.8. The van der Waals surface area contributed by atoms with Crippen molar-refractivity contribution in [3.05, 3.63) is 69.7 Å². The summed E-state index contributed by atoms with van der Waals surface area (Å²) in [5.41, 5.74) is 2.23. The zero-order chi connectivity index (χ0) is 18.4. The minimum absolute atomic E-state index is 0.00738. The number of carbonyl (C=O) groups excluding carboxylic acids is 1. The van der Waals surface area contributed by atoms with Crippen molar-refractivity contribution in [1.29, 1.82) is 0 Å². The molecule has 0 aromatic heterocycles. The zero-order valence-corrected chi connectivity index (χ0v) is 16.5. The van der Waals surface area contributed by atoms with Crippen LogP contribution >= 0.6 is 23.2 Å². The van der Waals surface area contributed by atoms with Crippen molar-refractivity contribution in [1.82, 2.24) is 5.32 Å². The van der Waals surface area contributed by atoms with E-state index in [4.69, 9.17) is 23.2 Å². The van der Waals surface area contributed by atoms with Crippen molar-refractivity contribution in [3.63, 3.8) is 0 Å². The lowest BCUT2D eigenvalue weighted by Gasteiger charge is -2.29. The van der Waals surface area contributed by atoms with Gasteiger partial charge in [0.05, 0.1) is 0 Å². The number of nitrogens with one attached hydrogen (secondary N) is 1. The molecule has 2 nitrogen and oxygen atoms in total. The van der Waals surface area contributed by atoms with E-state index < -0.39 is 0 Å². The van der Waals surface area contributed by atoms with Crippen molar-refractivity contribution in [2.75, 3.05) is 0 Å². The number of hydrogen-bond acceptors (Lipinski definition) is 1. The molecule has 0 saturated carbocycles. The van der Waals surface area contributed by atoms with Gasteiger partial charge < -0.3 is 5.32 Å². The lowest BCUT2D eigenvalue weighted by atomic mass is 9.79. The summed E-state index contributed by atoms with van der Waals surface area (Å²) < 4.78 is 0. The van der Waals surface area contributed by atoms with Crippen LogP contribution in [0.1, 0.15) is 44.7 Å². The fourth-order valence-corrected chi connectivity index (χ4v) is 3.65. The second-order valence-corrected chi connectivity index (χ2v) is 8.00. The summed E-state index contributed by atoms with van der Waals surface area (Å²) in [6.07, 6.45) is 1.90. The summed E-state index contributed by atoms with van der Waals surface area (Å²) in [5, 5.41) is 4.31. The summed E-state index contributed by atoms with van der Waals surface area (Å²) in [4.78, 5) is 12.2. The van der Waals surface area contributed by atoms with E-state index in [0.717, 1.165) is 12.0 Å². The molecule has 1 atom stereocenters. The molecular formula is C21H25Cl2NO. The van der Waals surface area contributed by atoms with Gasteiger partial charge in [0, 0.05) is 22.5 Å². The lowest BCUT2D eigenvalue weighted by molar-refractivity contribution is -0.121. The van der Waals surface area contributed by atoms with Gasteiger partial charge in [0.25, 0.3) is 0 Å². The Hall–Kier alpha value is -1.51. The van der Waals surface area contributed by atoms with Gasteiger partial charge in [0.1, 0.15) is 0 Å². The second-order valence-electron chi connectivity index (χ2n) is 7.16. The van der Waals surface area contributed by atoms with Crippen molar-refractivity contribution in [2.45, 2.75) is 51.5 Å². The third kappa shape index (κ3) is 6.05. The van der Waals surface area contributed by atoms with Gasteiger partial charge in [0.15, 0.2) is 0 Å². The largest absolute Gasteiger partial charge is 0.354 e. The van der Waals surface area contributed by atoms with E-state index in [1.807, 2.05) is 12.1 Å². The van der Waals surface area contributed by atoms with Gasteiger partial charge in [-0.15, -0.1) is 0 Å². The predicted molar refractivity (Wildman–Crippen MR) is 106 cm³/mol. The number of amides is 1. The molecule has 1 N–H and O–H groups in total. The minimum atomic E-state index is 0.00738. The molecule has 2 rings (SSSR count). The van der Waals surface area contributed by atoms with E-state index in [1.54, 1.807) is 12.1 Å². The van der Waals surface area contributed by atoms with Crippen LogP contribution in [0.5, 0.6) is 0 Å². The second kappa shape index (κ2) is 8.73. The number of rotatable bonds is 7. The summed E-state index contributed by atoms with van der Waals surface area (Å²) in [6.45, 7) is 6.47. The Morgan fingerprint density at radius 3 is 2.44 bits per heavy atom. The van der Waals surface area contributed by atoms with Gasteiger partial charge in [-0.25, -0.2) is 0 Å². The standard InChI is InChI=1S/C21H25Cl2NO/c1-15(14-21(2,3)17-7-5-4-6-8-17)24-20(25)12-10-16-9-11-18(22)13-19(16)23/h4-9,11,13,15H,10,12,14H2,1-3H3,(H,24,25)/t15-/m1/s1. The van der Waals surface area contributed by atoms with E-state index in [0.29, 0.717) is 22.9 Å². The normalized spacial score (nSPS) is 12.7. The molecule has 2 aromatic rings. The van der Waals surface area contributed by atoms with Gasteiger partial charge in [-0.3, -0.25) is 4.79 Å². The third-order valence-electron chi connectivity index (χ3n) is 4.42. The fourth-order valence-electron chi connectivity index (χ4n) is 3.14. The first kappa shape index (κ1) is 19.8. The van der Waals surface area contributed by atoms with Crippen molar-refractivity contribution < 1.29 is 4.79 Å². The quantitative estimate of drug-likeness (QED) is 0.648. The van der Waals surface area contributed by atoms with E-state index in [-0.39, 0.29) is 17.4 Å². The Bertz CT molecular complexity index is 713. The van der Waals surface area contributed by atoms with Crippen LogP contribution in [0.3, 0.4) is 0 Å². The minimum Gasteiger partial charge on any atom is -0.354 e. The smallest absolute Gasteiger partial charge is 0.220 e. The van der Waals surface area contributed by atoms with Gasteiger partial charge in [-0.1, -0.05) is 73.4 Å². The Morgan fingerprint density at radius 1 is 1.12 bits per heavy atom. The predicted octanol–water partition coefficient (Wildman–Crippen LogP) is 5.80. The monoisotopic (exact) mass is 377 g/mol. The number of halogens is 2. The number of benzene rings is 2. The molecule has 0 unspecified atom stereocenters. The van der Waals surface area contributed by atoms with Gasteiger partial charge in [0.2, 0.25) is 5.91 Å². The highest BCUT2D eigenvalue weighted by Gasteiger charge is 2.23. The first-order valence-corrected chi connectivity index (χ1v) is 9.32. The van der Waals surface area contributed by atoms with Crippen LogP contribution in [0.2, 0.25) is 10.0 Å². The average molecular weight is 378 g/mol. The highest BCUT2D eigenvalue weighted by molar-refractivity contribution is 6.35. The van der Waals surface area contributed by atoms with Gasteiger partial charge in [-0.05, 0) is 48.4 Å². The van der Waals surface area contributed by atoms with Crippen molar-refractivity contribution in [2.24, 2.45) is 0 Å². The van der Waals surface area contributed by atoms with Gasteiger partial charge in [-0.2, -0.15) is 0 Å². The van der Waals surface area contributed by atoms with Gasteiger partial charge >= 0.3 is 0 Å². The van der Waals surface area contributed by atoms with Crippen molar-refractivity contribution in [3.8, 4) is 0 Å². The maximum absolute atomic E-state index is 12.2.